The van der Waals surface area contributed by atoms with Crippen LogP contribution < -0.4 is 14.2 Å². The molecule has 1 heterocycles. The highest BCUT2D eigenvalue weighted by molar-refractivity contribution is 5.86. The Bertz CT molecular complexity index is 948. The van der Waals surface area contributed by atoms with E-state index >= 15 is 0 Å². The maximum absolute atomic E-state index is 10.9. The molecule has 2 aromatic carbocycles. The van der Waals surface area contributed by atoms with E-state index in [4.69, 9.17) is 14.2 Å². The topological polar surface area (TPSA) is 47.9 Å². The van der Waals surface area contributed by atoms with Crippen molar-refractivity contribution in [3.63, 3.8) is 0 Å². The first-order valence-corrected chi connectivity index (χ1v) is 9.38. The molecule has 1 aliphatic heterocycles. The average Bonchev–Trinajstić information content (AvgIpc) is 2.64. The van der Waals surface area contributed by atoms with Crippen molar-refractivity contribution in [3.8, 4) is 34.1 Å². The average molecular weight is 380 g/mol. The molecule has 0 saturated heterocycles. The molecule has 0 atom stereocenters. The molecular formula is C24H28O4. The van der Waals surface area contributed by atoms with Gasteiger partial charge in [-0.05, 0) is 70.0 Å². The molecule has 2 aromatic rings. The summed E-state index contributed by atoms with van der Waals surface area (Å²) in [4.78, 5) is 0. The van der Waals surface area contributed by atoms with Crippen molar-refractivity contribution < 1.29 is 19.3 Å². The predicted octanol–water partition coefficient (Wildman–Crippen LogP) is 5.77. The normalized spacial score (nSPS) is 14.1. The summed E-state index contributed by atoms with van der Waals surface area (Å²) in [5.74, 6) is 2.15. The molecule has 28 heavy (non-hydrogen) atoms. The zero-order chi connectivity index (χ0) is 20.5. The van der Waals surface area contributed by atoms with Gasteiger partial charge in [-0.25, -0.2) is 0 Å². The zero-order valence-corrected chi connectivity index (χ0v) is 17.4. The Kier molecular flexibility index (Phi) is 5.41. The Balaban J connectivity index is 2.21. The number of benzene rings is 2. The van der Waals surface area contributed by atoms with Crippen molar-refractivity contribution >= 4 is 6.08 Å². The largest absolute Gasteiger partial charge is 0.507 e. The molecule has 0 fully saturated rings. The van der Waals surface area contributed by atoms with Crippen LogP contribution in [-0.2, 0) is 6.42 Å². The molecule has 0 saturated carbocycles. The van der Waals surface area contributed by atoms with Crippen LogP contribution in [0.15, 0.2) is 42.0 Å². The van der Waals surface area contributed by atoms with Crippen LogP contribution in [0.25, 0.3) is 17.2 Å². The van der Waals surface area contributed by atoms with E-state index in [0.29, 0.717) is 22.8 Å². The van der Waals surface area contributed by atoms with Gasteiger partial charge in [0.2, 0.25) is 0 Å². The summed E-state index contributed by atoms with van der Waals surface area (Å²) in [6.07, 6.45) is 6.89. The number of ether oxygens (including phenoxy) is 3. The minimum atomic E-state index is -0.442. The molecule has 0 spiro atoms. The van der Waals surface area contributed by atoms with Gasteiger partial charge < -0.3 is 19.3 Å². The lowest BCUT2D eigenvalue weighted by atomic mass is 9.94. The van der Waals surface area contributed by atoms with Crippen molar-refractivity contribution in [3.05, 3.63) is 53.1 Å². The summed E-state index contributed by atoms with van der Waals surface area (Å²) in [5.41, 5.74) is 4.02. The van der Waals surface area contributed by atoms with E-state index in [2.05, 4.69) is 19.9 Å². The maximum atomic E-state index is 10.9. The molecule has 0 bridgehead atoms. The van der Waals surface area contributed by atoms with Gasteiger partial charge in [-0.1, -0.05) is 17.7 Å². The summed E-state index contributed by atoms with van der Waals surface area (Å²) in [6.45, 7) is 8.11. The molecule has 3 rings (SSSR count). The fraction of sp³-hybridized carbons (Fsp3) is 0.333. The molecular weight excluding hydrogens is 352 g/mol. The highest BCUT2D eigenvalue weighted by atomic mass is 16.5. The fourth-order valence-corrected chi connectivity index (χ4v) is 3.28. The number of allylic oxidation sites excluding steroid dienone is 2. The summed E-state index contributed by atoms with van der Waals surface area (Å²) in [5, 5.41) is 10.9. The summed E-state index contributed by atoms with van der Waals surface area (Å²) in [7, 11) is 3.24. The first-order chi connectivity index (χ1) is 13.2. The van der Waals surface area contributed by atoms with Crippen LogP contribution in [0.2, 0.25) is 0 Å². The van der Waals surface area contributed by atoms with Crippen LogP contribution in [0, 0.1) is 0 Å². The Morgan fingerprint density at radius 2 is 1.86 bits per heavy atom. The van der Waals surface area contributed by atoms with E-state index in [-0.39, 0.29) is 5.75 Å². The predicted molar refractivity (Wildman–Crippen MR) is 114 cm³/mol. The third-order valence-corrected chi connectivity index (χ3v) is 4.73. The van der Waals surface area contributed by atoms with E-state index in [9.17, 15) is 5.11 Å². The molecule has 0 aromatic heterocycles. The van der Waals surface area contributed by atoms with Gasteiger partial charge in [-0.3, -0.25) is 0 Å². The van der Waals surface area contributed by atoms with E-state index in [0.717, 1.165) is 23.1 Å². The van der Waals surface area contributed by atoms with Gasteiger partial charge in [0.1, 0.15) is 28.6 Å². The van der Waals surface area contributed by atoms with E-state index in [1.807, 2.05) is 44.2 Å². The Morgan fingerprint density at radius 1 is 1.11 bits per heavy atom. The van der Waals surface area contributed by atoms with Gasteiger partial charge in [0.05, 0.1) is 19.8 Å². The zero-order valence-electron chi connectivity index (χ0n) is 17.4. The third kappa shape index (κ3) is 4.01. The highest BCUT2D eigenvalue weighted by Crippen LogP contribution is 2.48. The van der Waals surface area contributed by atoms with Crippen LogP contribution >= 0.6 is 0 Å². The van der Waals surface area contributed by atoms with E-state index < -0.39 is 5.60 Å². The second-order valence-corrected chi connectivity index (χ2v) is 7.81. The van der Waals surface area contributed by atoms with Gasteiger partial charge >= 0.3 is 0 Å². The van der Waals surface area contributed by atoms with Crippen LogP contribution in [-0.4, -0.2) is 24.9 Å². The SMILES string of the molecule is COc1cc2c(c(-c3c(O)cc(CC=C(C)C)cc3OC)c1)OC(C)(C)C=C2. The Hall–Kier alpha value is -2.88. The molecule has 1 N–H and O–H groups in total. The van der Waals surface area contributed by atoms with Crippen LogP contribution in [0.5, 0.6) is 23.0 Å². The van der Waals surface area contributed by atoms with Crippen molar-refractivity contribution in [2.75, 3.05) is 14.2 Å². The Morgan fingerprint density at radius 3 is 2.50 bits per heavy atom. The minimum absolute atomic E-state index is 0.155. The molecule has 1 aliphatic rings. The second-order valence-electron chi connectivity index (χ2n) is 7.81. The molecule has 4 heteroatoms. The van der Waals surface area contributed by atoms with Crippen molar-refractivity contribution in [2.24, 2.45) is 0 Å². The minimum Gasteiger partial charge on any atom is -0.507 e. The number of methoxy groups -OCH3 is 2. The van der Waals surface area contributed by atoms with Crippen molar-refractivity contribution in [2.45, 2.75) is 39.7 Å². The van der Waals surface area contributed by atoms with Gasteiger partial charge in [-0.15, -0.1) is 0 Å². The molecule has 4 nitrogen and oxygen atoms in total. The van der Waals surface area contributed by atoms with Crippen LogP contribution in [0.3, 0.4) is 0 Å². The highest BCUT2D eigenvalue weighted by Gasteiger charge is 2.27. The fourth-order valence-electron chi connectivity index (χ4n) is 3.28. The monoisotopic (exact) mass is 380 g/mol. The van der Waals surface area contributed by atoms with E-state index in [1.165, 1.54) is 5.57 Å². The van der Waals surface area contributed by atoms with Gasteiger partial charge in [0.15, 0.2) is 0 Å². The number of hydrogen-bond donors (Lipinski definition) is 1. The van der Waals surface area contributed by atoms with Gasteiger partial charge in [-0.2, -0.15) is 0 Å². The lowest BCUT2D eigenvalue weighted by Gasteiger charge is -2.30. The maximum Gasteiger partial charge on any atom is 0.136 e. The molecule has 0 unspecified atom stereocenters. The molecule has 0 amide bonds. The first kappa shape index (κ1) is 19.9. The van der Waals surface area contributed by atoms with Crippen LogP contribution in [0.1, 0.15) is 38.8 Å². The standard InChI is InChI=1S/C24H28O4/c1-15(2)7-8-16-11-20(25)22(21(12-16)27-6)19-14-18(26-5)13-17-9-10-24(3,4)28-23(17)19/h7,9-14,25H,8H2,1-6H3. The lowest BCUT2D eigenvalue weighted by molar-refractivity contribution is 0.159. The number of phenolic OH excluding ortho intramolecular Hbond substituents is 1. The van der Waals surface area contributed by atoms with Gasteiger partial charge in [0.25, 0.3) is 0 Å². The first-order valence-electron chi connectivity index (χ1n) is 9.38. The second kappa shape index (κ2) is 7.63. The molecule has 148 valence electrons. The number of phenols is 1. The summed E-state index contributed by atoms with van der Waals surface area (Å²) >= 11 is 0. The van der Waals surface area contributed by atoms with Crippen molar-refractivity contribution in [1.29, 1.82) is 0 Å². The van der Waals surface area contributed by atoms with E-state index in [1.54, 1.807) is 20.3 Å². The Labute approximate surface area is 167 Å². The number of aromatic hydroxyl groups is 1. The number of hydrogen-bond acceptors (Lipinski definition) is 4. The smallest absolute Gasteiger partial charge is 0.136 e. The number of fused-ring (bicyclic) bond motifs is 1. The summed E-state index contributed by atoms with van der Waals surface area (Å²) in [6, 6.07) is 7.55. The number of rotatable bonds is 5. The quantitative estimate of drug-likeness (QED) is 0.669. The lowest BCUT2D eigenvalue weighted by Crippen LogP contribution is -2.27. The summed E-state index contributed by atoms with van der Waals surface area (Å²) < 4.78 is 17.4. The third-order valence-electron chi connectivity index (χ3n) is 4.73. The molecule has 0 radical (unpaired) electrons. The van der Waals surface area contributed by atoms with Gasteiger partial charge in [0, 0.05) is 11.1 Å². The molecule has 0 aliphatic carbocycles. The van der Waals surface area contributed by atoms with Crippen molar-refractivity contribution in [1.82, 2.24) is 0 Å². The van der Waals surface area contributed by atoms with Crippen LogP contribution in [0.4, 0.5) is 0 Å².